The van der Waals surface area contributed by atoms with Crippen LogP contribution in [-0.2, 0) is 11.3 Å². The number of ether oxygens (including phenoxy) is 3. The van der Waals surface area contributed by atoms with Crippen molar-refractivity contribution in [2.75, 3.05) is 51.9 Å². The highest BCUT2D eigenvalue weighted by molar-refractivity contribution is 5.59. The van der Waals surface area contributed by atoms with Gasteiger partial charge in [0.1, 0.15) is 0 Å². The van der Waals surface area contributed by atoms with Crippen LogP contribution in [0, 0.1) is 0 Å². The van der Waals surface area contributed by atoms with Gasteiger partial charge < -0.3 is 29.7 Å². The van der Waals surface area contributed by atoms with E-state index in [0.29, 0.717) is 18.6 Å². The molecule has 0 radical (unpaired) electrons. The Morgan fingerprint density at radius 2 is 1.97 bits per heavy atom. The van der Waals surface area contributed by atoms with E-state index in [9.17, 15) is 0 Å². The van der Waals surface area contributed by atoms with E-state index < -0.39 is 0 Å². The third kappa shape index (κ3) is 6.79. The number of hydrogen-bond donors (Lipinski definition) is 2. The van der Waals surface area contributed by atoms with Crippen LogP contribution in [0.5, 0.6) is 11.5 Å². The number of nitrogens with zero attached hydrogens (tertiary/aromatic N) is 3. The molecule has 174 valence electrons. The largest absolute Gasteiger partial charge is 0.493 e. The summed E-state index contributed by atoms with van der Waals surface area (Å²) >= 11 is 0. The van der Waals surface area contributed by atoms with Gasteiger partial charge in [-0.25, -0.2) is 9.97 Å². The van der Waals surface area contributed by atoms with Gasteiger partial charge in [0.2, 0.25) is 5.95 Å². The second-order valence-corrected chi connectivity index (χ2v) is 8.38. The summed E-state index contributed by atoms with van der Waals surface area (Å²) in [5, 5.41) is 6.86. The predicted molar refractivity (Wildman–Crippen MR) is 125 cm³/mol. The molecule has 2 aromatic rings. The van der Waals surface area contributed by atoms with Crippen LogP contribution in [-0.4, -0.2) is 67.5 Å². The van der Waals surface area contributed by atoms with Gasteiger partial charge in [-0.1, -0.05) is 0 Å². The maximum absolute atomic E-state index is 6.04. The zero-order valence-corrected chi connectivity index (χ0v) is 19.0. The lowest BCUT2D eigenvalue weighted by Gasteiger charge is -2.23. The molecule has 0 bridgehead atoms. The van der Waals surface area contributed by atoms with Gasteiger partial charge in [-0.15, -0.1) is 0 Å². The van der Waals surface area contributed by atoms with Crippen LogP contribution in [0.15, 0.2) is 30.5 Å². The van der Waals surface area contributed by atoms with Gasteiger partial charge in [-0.3, -0.25) is 0 Å². The number of rotatable bonds is 11. The number of nitrogens with one attached hydrogen (secondary N) is 2. The number of anilines is 2. The number of aromatic nitrogens is 2. The van der Waals surface area contributed by atoms with Crippen LogP contribution in [0.4, 0.5) is 11.6 Å². The molecular weight excluding hydrogens is 406 g/mol. The molecule has 2 fully saturated rings. The second kappa shape index (κ2) is 12.0. The molecular formula is C24H35N5O3. The third-order valence-corrected chi connectivity index (χ3v) is 6.00. The van der Waals surface area contributed by atoms with E-state index in [4.69, 9.17) is 14.2 Å². The fraction of sp³-hybridized carbons (Fsp3) is 0.583. The number of hydrogen-bond acceptors (Lipinski definition) is 8. The van der Waals surface area contributed by atoms with Crippen molar-refractivity contribution in [1.29, 1.82) is 0 Å². The van der Waals surface area contributed by atoms with Gasteiger partial charge in [-0.05, 0) is 63.4 Å². The van der Waals surface area contributed by atoms with Crippen molar-refractivity contribution in [2.24, 2.45) is 0 Å². The van der Waals surface area contributed by atoms with Crippen molar-refractivity contribution in [2.45, 2.75) is 44.7 Å². The molecule has 1 aromatic carbocycles. The maximum atomic E-state index is 6.04. The molecule has 2 aliphatic heterocycles. The van der Waals surface area contributed by atoms with Crippen LogP contribution in [0.3, 0.4) is 0 Å². The average Bonchev–Trinajstić information content (AvgIpc) is 3.35. The van der Waals surface area contributed by atoms with Crippen LogP contribution in [0.25, 0.3) is 0 Å². The van der Waals surface area contributed by atoms with E-state index in [2.05, 4.69) is 25.5 Å². The molecule has 0 aliphatic carbocycles. The van der Waals surface area contributed by atoms with Crippen LogP contribution >= 0.6 is 0 Å². The molecule has 0 saturated carbocycles. The molecule has 1 aromatic heterocycles. The molecule has 8 nitrogen and oxygen atoms in total. The maximum Gasteiger partial charge on any atom is 0.227 e. The summed E-state index contributed by atoms with van der Waals surface area (Å²) in [7, 11) is 1.66. The van der Waals surface area contributed by atoms with Gasteiger partial charge in [0.15, 0.2) is 11.5 Å². The van der Waals surface area contributed by atoms with E-state index in [1.165, 1.54) is 25.9 Å². The first kappa shape index (κ1) is 22.8. The highest BCUT2D eigenvalue weighted by Crippen LogP contribution is 2.31. The SMILES string of the molecule is COc1ccc(Nc2nccc(CNC3CCOCC3)n2)cc1OCCCN1CCCC1. The quantitative estimate of drug-likeness (QED) is 0.514. The zero-order valence-electron chi connectivity index (χ0n) is 19.0. The topological polar surface area (TPSA) is 80.8 Å². The van der Waals surface area contributed by atoms with Crippen molar-refractivity contribution in [3.8, 4) is 11.5 Å². The normalized spacial score (nSPS) is 17.4. The average molecular weight is 442 g/mol. The summed E-state index contributed by atoms with van der Waals surface area (Å²) in [6.07, 6.45) is 7.52. The molecule has 4 rings (SSSR count). The minimum Gasteiger partial charge on any atom is -0.493 e. The number of likely N-dealkylation sites (tertiary alicyclic amines) is 1. The zero-order chi connectivity index (χ0) is 22.0. The Kier molecular flexibility index (Phi) is 8.53. The Morgan fingerprint density at radius 3 is 2.78 bits per heavy atom. The summed E-state index contributed by atoms with van der Waals surface area (Å²) in [6.45, 7) is 6.56. The Bertz CT molecular complexity index is 838. The van der Waals surface area contributed by atoms with Crippen LogP contribution < -0.4 is 20.1 Å². The second-order valence-electron chi connectivity index (χ2n) is 8.38. The molecule has 0 atom stereocenters. The van der Waals surface area contributed by atoms with Crippen molar-refractivity contribution in [3.05, 3.63) is 36.2 Å². The fourth-order valence-electron chi connectivity index (χ4n) is 4.18. The van der Waals surface area contributed by atoms with Gasteiger partial charge in [0.05, 0.1) is 19.4 Å². The lowest BCUT2D eigenvalue weighted by molar-refractivity contribution is 0.0775. The monoisotopic (exact) mass is 441 g/mol. The Morgan fingerprint density at radius 1 is 1.12 bits per heavy atom. The molecule has 32 heavy (non-hydrogen) atoms. The summed E-state index contributed by atoms with van der Waals surface area (Å²) in [6, 6.07) is 8.24. The van der Waals surface area contributed by atoms with Crippen molar-refractivity contribution < 1.29 is 14.2 Å². The molecule has 2 aliphatic rings. The van der Waals surface area contributed by atoms with E-state index in [1.807, 2.05) is 24.3 Å². The summed E-state index contributed by atoms with van der Waals surface area (Å²) in [5.41, 5.74) is 1.83. The lowest BCUT2D eigenvalue weighted by atomic mass is 10.1. The van der Waals surface area contributed by atoms with E-state index >= 15 is 0 Å². The first-order valence-electron chi connectivity index (χ1n) is 11.7. The van der Waals surface area contributed by atoms with Crippen LogP contribution in [0.2, 0.25) is 0 Å². The molecule has 8 heteroatoms. The van der Waals surface area contributed by atoms with Gasteiger partial charge in [0, 0.05) is 50.3 Å². The van der Waals surface area contributed by atoms with Crippen LogP contribution in [0.1, 0.15) is 37.8 Å². The summed E-state index contributed by atoms with van der Waals surface area (Å²) < 4.78 is 16.9. The molecule has 0 unspecified atom stereocenters. The minimum absolute atomic E-state index is 0.488. The highest BCUT2D eigenvalue weighted by Gasteiger charge is 2.14. The molecule has 2 N–H and O–H groups in total. The fourth-order valence-corrected chi connectivity index (χ4v) is 4.18. The minimum atomic E-state index is 0.488. The van der Waals surface area contributed by atoms with E-state index in [0.717, 1.165) is 68.4 Å². The van der Waals surface area contributed by atoms with E-state index in [-0.39, 0.29) is 0 Å². The first-order valence-corrected chi connectivity index (χ1v) is 11.7. The van der Waals surface area contributed by atoms with Gasteiger partial charge in [-0.2, -0.15) is 0 Å². The van der Waals surface area contributed by atoms with Crippen molar-refractivity contribution in [1.82, 2.24) is 20.2 Å². The molecule has 0 spiro atoms. The Labute approximate surface area is 190 Å². The smallest absolute Gasteiger partial charge is 0.227 e. The van der Waals surface area contributed by atoms with E-state index in [1.54, 1.807) is 13.3 Å². The predicted octanol–water partition coefficient (Wildman–Crippen LogP) is 3.36. The van der Waals surface area contributed by atoms with Crippen molar-refractivity contribution in [3.63, 3.8) is 0 Å². The molecule has 2 saturated heterocycles. The summed E-state index contributed by atoms with van der Waals surface area (Å²) in [5.74, 6) is 2.03. The van der Waals surface area contributed by atoms with Gasteiger partial charge >= 0.3 is 0 Å². The molecule has 0 amide bonds. The lowest BCUT2D eigenvalue weighted by Crippen LogP contribution is -2.34. The standard InChI is InChI=1S/C24H35N5O3/c1-30-22-6-5-20(17-23(22)32-14-4-13-29-11-2-3-12-29)27-24-25-10-7-21(28-24)18-26-19-8-15-31-16-9-19/h5-7,10,17,19,26H,2-4,8-9,11-16,18H2,1H3,(H,25,27,28). The Balaban J connectivity index is 1.31. The van der Waals surface area contributed by atoms with Crippen molar-refractivity contribution >= 4 is 11.6 Å². The number of benzene rings is 1. The number of methoxy groups -OCH3 is 1. The first-order chi connectivity index (χ1) is 15.8. The highest BCUT2D eigenvalue weighted by atomic mass is 16.5. The third-order valence-electron chi connectivity index (χ3n) is 6.00. The summed E-state index contributed by atoms with van der Waals surface area (Å²) in [4.78, 5) is 11.5. The molecule has 3 heterocycles. The van der Waals surface area contributed by atoms with Gasteiger partial charge in [0.25, 0.3) is 0 Å². The Hall–Kier alpha value is -2.42.